The number of methoxy groups -OCH3 is 1. The molecule has 28 heavy (non-hydrogen) atoms. The van der Waals surface area contributed by atoms with E-state index in [1.165, 1.54) is 0 Å². The largest absolute Gasteiger partial charge is 0.497 e. The minimum absolute atomic E-state index is 0.251. The monoisotopic (exact) mass is 385 g/mol. The molecule has 0 saturated heterocycles. The van der Waals surface area contributed by atoms with Gasteiger partial charge in [0.15, 0.2) is 17.5 Å². The molecule has 0 fully saturated rings. The van der Waals surface area contributed by atoms with Crippen molar-refractivity contribution in [1.29, 1.82) is 0 Å². The lowest BCUT2D eigenvalue weighted by Gasteiger charge is -2.23. The molecule has 1 atom stereocenters. The first kappa shape index (κ1) is 19.8. The van der Waals surface area contributed by atoms with Crippen molar-refractivity contribution in [3.05, 3.63) is 53.6 Å². The highest BCUT2D eigenvalue weighted by Gasteiger charge is 2.15. The fraction of sp³-hybridized carbons (Fsp3) is 0.381. The zero-order valence-electron chi connectivity index (χ0n) is 16.5. The predicted octanol–water partition coefficient (Wildman–Crippen LogP) is 2.55. The maximum absolute atomic E-state index is 10.5. The van der Waals surface area contributed by atoms with Crippen molar-refractivity contribution in [2.24, 2.45) is 4.99 Å². The Morgan fingerprint density at radius 1 is 1.25 bits per heavy atom. The van der Waals surface area contributed by atoms with E-state index in [0.717, 1.165) is 35.1 Å². The van der Waals surface area contributed by atoms with Gasteiger partial charge in [-0.2, -0.15) is 0 Å². The van der Waals surface area contributed by atoms with Gasteiger partial charge < -0.3 is 29.5 Å². The van der Waals surface area contributed by atoms with Crippen LogP contribution in [-0.2, 0) is 6.54 Å². The first-order valence-electron chi connectivity index (χ1n) is 9.30. The first-order chi connectivity index (χ1) is 13.6. The number of hydrogen-bond acceptors (Lipinski definition) is 5. The van der Waals surface area contributed by atoms with Gasteiger partial charge in [0.05, 0.1) is 19.8 Å². The third-order valence-corrected chi connectivity index (χ3v) is 4.45. The summed E-state index contributed by atoms with van der Waals surface area (Å²) in [5.41, 5.74) is 1.86. The second kappa shape index (κ2) is 9.32. The second-order valence-electron chi connectivity index (χ2n) is 6.53. The van der Waals surface area contributed by atoms with E-state index in [2.05, 4.69) is 10.3 Å². The standard InChI is InChI=1S/C21H27N3O4/c1-4-22-21(23-12-18(25)16-6-5-7-17(11-16)26-3)24(2)13-15-8-9-19-20(10-15)28-14-27-19/h5-11,18,25H,4,12-14H2,1-3H3,(H,22,23). The Bertz CT molecular complexity index is 825. The Hall–Kier alpha value is -2.93. The van der Waals surface area contributed by atoms with E-state index in [1.807, 2.05) is 61.3 Å². The van der Waals surface area contributed by atoms with Crippen LogP contribution in [0.2, 0.25) is 0 Å². The van der Waals surface area contributed by atoms with Crippen LogP contribution >= 0.6 is 0 Å². The fourth-order valence-electron chi connectivity index (χ4n) is 2.98. The number of fused-ring (bicyclic) bond motifs is 1. The van der Waals surface area contributed by atoms with E-state index in [4.69, 9.17) is 14.2 Å². The van der Waals surface area contributed by atoms with Crippen LogP contribution < -0.4 is 19.5 Å². The minimum atomic E-state index is -0.706. The molecule has 1 aliphatic heterocycles. The number of nitrogens with zero attached hydrogens (tertiary/aromatic N) is 2. The molecular weight excluding hydrogens is 358 g/mol. The van der Waals surface area contributed by atoms with Gasteiger partial charge in [0.2, 0.25) is 6.79 Å². The van der Waals surface area contributed by atoms with Gasteiger partial charge >= 0.3 is 0 Å². The Kier molecular flexibility index (Phi) is 6.60. The molecule has 0 spiro atoms. The van der Waals surface area contributed by atoms with Gasteiger partial charge in [0.1, 0.15) is 5.75 Å². The van der Waals surface area contributed by atoms with Crippen molar-refractivity contribution in [3.8, 4) is 17.2 Å². The molecule has 0 aromatic heterocycles. The SMILES string of the molecule is CCNC(=NCC(O)c1cccc(OC)c1)N(C)Cc1ccc2c(c1)OCO2. The number of ether oxygens (including phenoxy) is 3. The molecule has 1 aliphatic rings. The summed E-state index contributed by atoms with van der Waals surface area (Å²) in [4.78, 5) is 6.61. The van der Waals surface area contributed by atoms with Gasteiger partial charge in [0, 0.05) is 20.1 Å². The lowest BCUT2D eigenvalue weighted by molar-refractivity contribution is 0.174. The summed E-state index contributed by atoms with van der Waals surface area (Å²) < 4.78 is 16.0. The zero-order chi connectivity index (χ0) is 19.9. The molecule has 1 heterocycles. The summed E-state index contributed by atoms with van der Waals surface area (Å²) in [5, 5.41) is 13.8. The highest BCUT2D eigenvalue weighted by molar-refractivity contribution is 5.79. The van der Waals surface area contributed by atoms with E-state index < -0.39 is 6.10 Å². The van der Waals surface area contributed by atoms with Crippen molar-refractivity contribution in [1.82, 2.24) is 10.2 Å². The molecule has 1 unspecified atom stereocenters. The molecule has 7 heteroatoms. The number of aliphatic hydroxyl groups is 1. The van der Waals surface area contributed by atoms with Gasteiger partial charge in [-0.1, -0.05) is 18.2 Å². The maximum atomic E-state index is 10.5. The Morgan fingerprint density at radius 3 is 2.86 bits per heavy atom. The van der Waals surface area contributed by atoms with Gasteiger partial charge in [-0.3, -0.25) is 4.99 Å². The third kappa shape index (κ3) is 4.86. The van der Waals surface area contributed by atoms with Crippen LogP contribution in [0.15, 0.2) is 47.5 Å². The Balaban J connectivity index is 1.67. The molecule has 0 amide bonds. The van der Waals surface area contributed by atoms with E-state index in [9.17, 15) is 5.11 Å². The van der Waals surface area contributed by atoms with Gasteiger partial charge in [-0.15, -0.1) is 0 Å². The summed E-state index contributed by atoms with van der Waals surface area (Å²) in [6.45, 7) is 3.92. The fourth-order valence-corrected chi connectivity index (χ4v) is 2.98. The van der Waals surface area contributed by atoms with Crippen LogP contribution in [0.3, 0.4) is 0 Å². The van der Waals surface area contributed by atoms with Crippen molar-refractivity contribution in [3.63, 3.8) is 0 Å². The summed E-state index contributed by atoms with van der Waals surface area (Å²) >= 11 is 0. The summed E-state index contributed by atoms with van der Waals surface area (Å²) in [5.74, 6) is 2.98. The van der Waals surface area contributed by atoms with Gasteiger partial charge in [0.25, 0.3) is 0 Å². The van der Waals surface area contributed by atoms with Crippen molar-refractivity contribution < 1.29 is 19.3 Å². The van der Waals surface area contributed by atoms with Crippen molar-refractivity contribution in [2.75, 3.05) is 34.0 Å². The van der Waals surface area contributed by atoms with Gasteiger partial charge in [-0.05, 0) is 42.3 Å². The molecular formula is C21H27N3O4. The molecule has 2 aromatic carbocycles. The number of guanidine groups is 1. The lowest BCUT2D eigenvalue weighted by Crippen LogP contribution is -2.38. The van der Waals surface area contributed by atoms with Crippen LogP contribution in [0.1, 0.15) is 24.2 Å². The first-order valence-corrected chi connectivity index (χ1v) is 9.30. The van der Waals surface area contributed by atoms with Crippen LogP contribution in [0, 0.1) is 0 Å². The Morgan fingerprint density at radius 2 is 2.07 bits per heavy atom. The number of benzene rings is 2. The number of nitrogens with one attached hydrogen (secondary N) is 1. The molecule has 2 aromatic rings. The molecule has 0 aliphatic carbocycles. The van der Waals surface area contributed by atoms with Crippen LogP contribution in [-0.4, -0.2) is 50.0 Å². The summed E-state index contributed by atoms with van der Waals surface area (Å²) in [6, 6.07) is 13.3. The lowest BCUT2D eigenvalue weighted by atomic mass is 10.1. The van der Waals surface area contributed by atoms with Crippen molar-refractivity contribution >= 4 is 5.96 Å². The van der Waals surface area contributed by atoms with E-state index in [-0.39, 0.29) is 13.3 Å². The smallest absolute Gasteiger partial charge is 0.231 e. The second-order valence-corrected chi connectivity index (χ2v) is 6.53. The van der Waals surface area contributed by atoms with Crippen LogP contribution in [0.5, 0.6) is 17.2 Å². The quantitative estimate of drug-likeness (QED) is 0.564. The summed E-state index contributed by atoms with van der Waals surface area (Å²) in [6.07, 6.45) is -0.706. The number of aliphatic hydroxyl groups excluding tert-OH is 1. The molecule has 2 N–H and O–H groups in total. The van der Waals surface area contributed by atoms with Crippen LogP contribution in [0.4, 0.5) is 0 Å². The van der Waals surface area contributed by atoms with E-state index >= 15 is 0 Å². The minimum Gasteiger partial charge on any atom is -0.497 e. The van der Waals surface area contributed by atoms with Gasteiger partial charge in [-0.25, -0.2) is 0 Å². The zero-order valence-corrected chi connectivity index (χ0v) is 16.5. The topological polar surface area (TPSA) is 75.6 Å². The highest BCUT2D eigenvalue weighted by Crippen LogP contribution is 2.32. The average molecular weight is 385 g/mol. The molecule has 0 saturated carbocycles. The molecule has 0 bridgehead atoms. The van der Waals surface area contributed by atoms with Crippen LogP contribution in [0.25, 0.3) is 0 Å². The summed E-state index contributed by atoms with van der Waals surface area (Å²) in [7, 11) is 3.57. The predicted molar refractivity (Wildman–Crippen MR) is 108 cm³/mol. The molecule has 0 radical (unpaired) electrons. The molecule has 150 valence electrons. The van der Waals surface area contributed by atoms with E-state index in [1.54, 1.807) is 7.11 Å². The van der Waals surface area contributed by atoms with Crippen molar-refractivity contribution in [2.45, 2.75) is 19.6 Å². The normalized spacial score (nSPS) is 13.9. The van der Waals surface area contributed by atoms with E-state index in [0.29, 0.717) is 12.3 Å². The third-order valence-electron chi connectivity index (χ3n) is 4.45. The number of rotatable bonds is 7. The average Bonchev–Trinajstić information content (AvgIpc) is 3.18. The maximum Gasteiger partial charge on any atom is 0.231 e. The number of hydrogen-bond donors (Lipinski definition) is 2. The number of aliphatic imine (C=N–C) groups is 1. The highest BCUT2D eigenvalue weighted by atomic mass is 16.7. The molecule has 7 nitrogen and oxygen atoms in total. The molecule has 3 rings (SSSR count). The Labute approximate surface area is 165 Å².